The molecule has 1 atom stereocenters. The molecule has 1 aliphatic rings. The standard InChI is InChI=1S/C14H21FN2O/c15-13-4-1-5-14(12(13)9-16)17-7-2-3-11(10-17)6-8-18/h1,4-5,11,18H,2-3,6-10,16H2. The minimum absolute atomic E-state index is 0.223. The zero-order valence-corrected chi connectivity index (χ0v) is 10.6. The van der Waals surface area contributed by atoms with E-state index in [1.807, 2.05) is 6.07 Å². The summed E-state index contributed by atoms with van der Waals surface area (Å²) in [6, 6.07) is 5.13. The van der Waals surface area contributed by atoms with Crippen LogP contribution in [0.4, 0.5) is 10.1 Å². The van der Waals surface area contributed by atoms with Crippen LogP contribution in [0.3, 0.4) is 0 Å². The zero-order valence-electron chi connectivity index (χ0n) is 10.6. The number of benzene rings is 1. The first-order valence-corrected chi connectivity index (χ1v) is 6.59. The molecule has 1 aromatic carbocycles. The Balaban J connectivity index is 2.18. The van der Waals surface area contributed by atoms with Gasteiger partial charge in [0.15, 0.2) is 0 Å². The molecule has 0 saturated carbocycles. The molecule has 0 amide bonds. The van der Waals surface area contributed by atoms with Crippen LogP contribution >= 0.6 is 0 Å². The lowest BCUT2D eigenvalue weighted by molar-refractivity contribution is 0.244. The third kappa shape index (κ3) is 2.82. The van der Waals surface area contributed by atoms with Crippen molar-refractivity contribution in [3.63, 3.8) is 0 Å². The van der Waals surface area contributed by atoms with Crippen molar-refractivity contribution in [1.82, 2.24) is 0 Å². The van der Waals surface area contributed by atoms with Gasteiger partial charge in [0.25, 0.3) is 0 Å². The minimum Gasteiger partial charge on any atom is -0.396 e. The van der Waals surface area contributed by atoms with Crippen LogP contribution in [0, 0.1) is 11.7 Å². The second-order valence-corrected chi connectivity index (χ2v) is 4.91. The highest BCUT2D eigenvalue weighted by Crippen LogP contribution is 2.28. The lowest BCUT2D eigenvalue weighted by Gasteiger charge is -2.35. The molecule has 4 heteroatoms. The molecule has 100 valence electrons. The number of anilines is 1. The first-order valence-electron chi connectivity index (χ1n) is 6.59. The molecule has 0 spiro atoms. The van der Waals surface area contributed by atoms with E-state index in [9.17, 15) is 4.39 Å². The third-order valence-electron chi connectivity index (χ3n) is 3.70. The number of halogens is 1. The molecule has 1 aliphatic heterocycles. The first kappa shape index (κ1) is 13.3. The lowest BCUT2D eigenvalue weighted by atomic mass is 9.94. The third-order valence-corrected chi connectivity index (χ3v) is 3.70. The Labute approximate surface area is 107 Å². The van der Waals surface area contributed by atoms with Crippen molar-refractivity contribution >= 4 is 5.69 Å². The van der Waals surface area contributed by atoms with E-state index < -0.39 is 0 Å². The van der Waals surface area contributed by atoms with Gasteiger partial charge in [-0.1, -0.05) is 6.07 Å². The molecule has 3 nitrogen and oxygen atoms in total. The highest BCUT2D eigenvalue weighted by atomic mass is 19.1. The van der Waals surface area contributed by atoms with Crippen LogP contribution in [0.5, 0.6) is 0 Å². The highest BCUT2D eigenvalue weighted by molar-refractivity contribution is 5.54. The van der Waals surface area contributed by atoms with Crippen LogP contribution in [0.2, 0.25) is 0 Å². The highest BCUT2D eigenvalue weighted by Gasteiger charge is 2.22. The second-order valence-electron chi connectivity index (χ2n) is 4.91. The molecule has 1 saturated heterocycles. The summed E-state index contributed by atoms with van der Waals surface area (Å²) >= 11 is 0. The van der Waals surface area contributed by atoms with E-state index in [4.69, 9.17) is 10.8 Å². The first-order chi connectivity index (χ1) is 8.76. The Morgan fingerprint density at radius 3 is 3.00 bits per heavy atom. The molecule has 18 heavy (non-hydrogen) atoms. The van der Waals surface area contributed by atoms with Gasteiger partial charge in [-0.05, 0) is 37.3 Å². The number of hydrogen-bond donors (Lipinski definition) is 2. The molecule has 1 aromatic rings. The number of aliphatic hydroxyl groups is 1. The molecule has 0 aromatic heterocycles. The normalized spacial score (nSPS) is 20.2. The van der Waals surface area contributed by atoms with Crippen LogP contribution in [0.1, 0.15) is 24.8 Å². The van der Waals surface area contributed by atoms with E-state index in [2.05, 4.69) is 4.90 Å². The van der Waals surface area contributed by atoms with Gasteiger partial charge in [0, 0.05) is 37.5 Å². The van der Waals surface area contributed by atoms with Crippen molar-refractivity contribution in [2.75, 3.05) is 24.6 Å². The molecule has 2 rings (SSSR count). The molecule has 0 bridgehead atoms. The Hall–Kier alpha value is -1.13. The summed E-state index contributed by atoms with van der Waals surface area (Å²) in [7, 11) is 0. The van der Waals surface area contributed by atoms with Gasteiger partial charge in [-0.3, -0.25) is 0 Å². The van der Waals surface area contributed by atoms with Crippen molar-refractivity contribution in [1.29, 1.82) is 0 Å². The molecule has 1 heterocycles. The van der Waals surface area contributed by atoms with Crippen LogP contribution in [0.15, 0.2) is 18.2 Å². The zero-order chi connectivity index (χ0) is 13.0. The van der Waals surface area contributed by atoms with Gasteiger partial charge in [0.05, 0.1) is 0 Å². The van der Waals surface area contributed by atoms with Crippen molar-refractivity contribution in [2.24, 2.45) is 11.7 Å². The molecule has 3 N–H and O–H groups in total. The summed E-state index contributed by atoms with van der Waals surface area (Å²) < 4.78 is 13.7. The van der Waals surface area contributed by atoms with Gasteiger partial charge in [-0.15, -0.1) is 0 Å². The number of rotatable bonds is 4. The summed E-state index contributed by atoms with van der Waals surface area (Å²) in [4.78, 5) is 2.20. The van der Waals surface area contributed by atoms with Crippen LogP contribution in [0.25, 0.3) is 0 Å². The summed E-state index contributed by atoms with van der Waals surface area (Å²) in [6.45, 7) is 2.28. The minimum atomic E-state index is -0.223. The predicted molar refractivity (Wildman–Crippen MR) is 70.9 cm³/mol. The van der Waals surface area contributed by atoms with E-state index >= 15 is 0 Å². The fourth-order valence-corrected chi connectivity index (χ4v) is 2.75. The molecular weight excluding hydrogens is 231 g/mol. The lowest BCUT2D eigenvalue weighted by Crippen LogP contribution is -2.36. The molecule has 1 fully saturated rings. The summed E-state index contributed by atoms with van der Waals surface area (Å²) in [5.74, 6) is 0.275. The van der Waals surface area contributed by atoms with Gasteiger partial charge >= 0.3 is 0 Å². The van der Waals surface area contributed by atoms with Crippen molar-refractivity contribution in [2.45, 2.75) is 25.8 Å². The second kappa shape index (κ2) is 6.16. The topological polar surface area (TPSA) is 49.5 Å². The van der Waals surface area contributed by atoms with Gasteiger partial charge < -0.3 is 15.7 Å². The van der Waals surface area contributed by atoms with Crippen LogP contribution < -0.4 is 10.6 Å². The molecule has 0 aliphatic carbocycles. The maximum atomic E-state index is 13.7. The fourth-order valence-electron chi connectivity index (χ4n) is 2.75. The van der Waals surface area contributed by atoms with Crippen molar-refractivity contribution in [3.05, 3.63) is 29.6 Å². The SMILES string of the molecule is NCc1c(F)cccc1N1CCCC(CCO)C1. The van der Waals surface area contributed by atoms with E-state index in [-0.39, 0.29) is 19.0 Å². The molecule has 0 radical (unpaired) electrons. The average molecular weight is 252 g/mol. The van der Waals surface area contributed by atoms with Gasteiger partial charge in [0.1, 0.15) is 5.82 Å². The predicted octanol–water partition coefficient (Wildman–Crippen LogP) is 1.88. The monoisotopic (exact) mass is 252 g/mol. The average Bonchev–Trinajstić information content (AvgIpc) is 2.39. The fraction of sp³-hybridized carbons (Fsp3) is 0.571. The number of hydrogen-bond acceptors (Lipinski definition) is 3. The maximum Gasteiger partial charge on any atom is 0.129 e. The Kier molecular flexibility index (Phi) is 4.55. The number of nitrogens with zero attached hydrogens (tertiary/aromatic N) is 1. The van der Waals surface area contributed by atoms with Crippen LogP contribution in [-0.2, 0) is 6.54 Å². The smallest absolute Gasteiger partial charge is 0.129 e. The summed E-state index contributed by atoms with van der Waals surface area (Å²) in [6.07, 6.45) is 3.05. The van der Waals surface area contributed by atoms with E-state index in [1.165, 1.54) is 6.07 Å². The Bertz CT molecular complexity index is 395. The number of piperidine rings is 1. The largest absolute Gasteiger partial charge is 0.396 e. The maximum absolute atomic E-state index is 13.7. The van der Waals surface area contributed by atoms with E-state index in [1.54, 1.807) is 6.07 Å². The quantitative estimate of drug-likeness (QED) is 0.860. The Morgan fingerprint density at radius 1 is 1.44 bits per heavy atom. The number of aliphatic hydroxyl groups excluding tert-OH is 1. The molecule has 1 unspecified atom stereocenters. The summed E-state index contributed by atoms with van der Waals surface area (Å²) in [5.41, 5.74) is 7.16. The number of nitrogens with two attached hydrogens (primary N) is 1. The molecular formula is C14H21FN2O. The van der Waals surface area contributed by atoms with Gasteiger partial charge in [-0.2, -0.15) is 0 Å². The van der Waals surface area contributed by atoms with Crippen LogP contribution in [-0.4, -0.2) is 24.8 Å². The van der Waals surface area contributed by atoms with Gasteiger partial charge in [-0.25, -0.2) is 4.39 Å². The summed E-state index contributed by atoms with van der Waals surface area (Å²) in [5, 5.41) is 9.02. The van der Waals surface area contributed by atoms with E-state index in [0.29, 0.717) is 11.5 Å². The Morgan fingerprint density at radius 2 is 2.28 bits per heavy atom. The van der Waals surface area contributed by atoms with Crippen molar-refractivity contribution in [3.8, 4) is 0 Å². The van der Waals surface area contributed by atoms with E-state index in [0.717, 1.165) is 38.0 Å². The van der Waals surface area contributed by atoms with Gasteiger partial charge in [0.2, 0.25) is 0 Å². The van der Waals surface area contributed by atoms with Crippen molar-refractivity contribution < 1.29 is 9.50 Å².